The van der Waals surface area contributed by atoms with Crippen LogP contribution in [0.5, 0.6) is 0 Å². The van der Waals surface area contributed by atoms with Gasteiger partial charge in [0, 0.05) is 26.2 Å². The number of hydrogen-bond acceptors (Lipinski definition) is 4. The second-order valence-electron chi connectivity index (χ2n) is 8.62. The van der Waals surface area contributed by atoms with E-state index in [0.717, 1.165) is 43.1 Å². The third-order valence-corrected chi connectivity index (χ3v) is 6.53. The van der Waals surface area contributed by atoms with E-state index in [1.54, 1.807) is 0 Å². The Morgan fingerprint density at radius 1 is 1.14 bits per heavy atom. The van der Waals surface area contributed by atoms with Gasteiger partial charge in [0.15, 0.2) is 11.8 Å². The Balaban J connectivity index is 1.57. The van der Waals surface area contributed by atoms with Crippen molar-refractivity contribution in [3.63, 3.8) is 0 Å². The minimum atomic E-state index is 0.368. The molecule has 29 heavy (non-hydrogen) atoms. The molecular formula is C22H40N6O. The number of aryl methyl sites for hydroxylation is 1. The van der Waals surface area contributed by atoms with Gasteiger partial charge in [-0.25, -0.2) is 4.99 Å². The van der Waals surface area contributed by atoms with E-state index in [0.29, 0.717) is 18.7 Å². The van der Waals surface area contributed by atoms with Crippen LogP contribution in [0.2, 0.25) is 0 Å². The van der Waals surface area contributed by atoms with E-state index >= 15 is 0 Å². The van der Waals surface area contributed by atoms with Crippen LogP contribution in [0, 0.1) is 12.8 Å². The summed E-state index contributed by atoms with van der Waals surface area (Å²) in [4.78, 5) is 4.83. The highest BCUT2D eigenvalue weighted by atomic mass is 16.5. The Morgan fingerprint density at radius 3 is 2.52 bits per heavy atom. The quantitative estimate of drug-likeness (QED) is 0.487. The molecule has 1 unspecified atom stereocenters. The number of aromatic nitrogens is 3. The predicted molar refractivity (Wildman–Crippen MR) is 117 cm³/mol. The fraction of sp³-hybridized carbons (Fsp3) is 0.864. The molecule has 0 saturated heterocycles. The van der Waals surface area contributed by atoms with Gasteiger partial charge in [-0.15, -0.1) is 10.2 Å². The van der Waals surface area contributed by atoms with E-state index in [1.807, 2.05) is 18.5 Å². The fourth-order valence-electron chi connectivity index (χ4n) is 4.66. The van der Waals surface area contributed by atoms with Gasteiger partial charge in [-0.1, -0.05) is 32.1 Å². The lowest BCUT2D eigenvalue weighted by molar-refractivity contribution is 0.0169. The Kier molecular flexibility index (Phi) is 8.77. The molecule has 1 heterocycles. The summed E-state index contributed by atoms with van der Waals surface area (Å²) in [6.45, 7) is 6.30. The first-order valence-electron chi connectivity index (χ1n) is 11.7. The minimum Gasteiger partial charge on any atom is -0.378 e. The Labute approximate surface area is 176 Å². The number of hydrogen-bond donors (Lipinski definition) is 2. The molecule has 0 spiro atoms. The van der Waals surface area contributed by atoms with Crippen LogP contribution in [0.25, 0.3) is 0 Å². The molecule has 7 nitrogen and oxygen atoms in total. The van der Waals surface area contributed by atoms with Crippen molar-refractivity contribution in [2.75, 3.05) is 13.2 Å². The second kappa shape index (κ2) is 11.5. The van der Waals surface area contributed by atoms with Crippen LogP contribution in [-0.4, -0.2) is 46.0 Å². The van der Waals surface area contributed by atoms with E-state index in [1.165, 1.54) is 57.8 Å². The largest absolute Gasteiger partial charge is 0.378 e. The molecule has 2 aliphatic carbocycles. The molecular weight excluding hydrogens is 364 g/mol. The molecule has 2 saturated carbocycles. The highest BCUT2D eigenvalue weighted by Crippen LogP contribution is 2.30. The van der Waals surface area contributed by atoms with E-state index in [4.69, 9.17) is 9.73 Å². The minimum absolute atomic E-state index is 0.368. The van der Waals surface area contributed by atoms with Crippen molar-refractivity contribution in [2.24, 2.45) is 18.0 Å². The van der Waals surface area contributed by atoms with Crippen LogP contribution in [0.4, 0.5) is 0 Å². The van der Waals surface area contributed by atoms with Crippen molar-refractivity contribution in [2.45, 2.75) is 96.7 Å². The summed E-state index contributed by atoms with van der Waals surface area (Å²) in [5.74, 6) is 3.44. The van der Waals surface area contributed by atoms with Crippen molar-refractivity contribution in [3.8, 4) is 0 Å². The number of ether oxygens (including phenoxy) is 1. The molecule has 0 amide bonds. The van der Waals surface area contributed by atoms with Crippen LogP contribution >= 0.6 is 0 Å². The number of guanidine groups is 1. The standard InChI is InChI=1S/C22H40N6O/c1-4-29-20(18-10-8-9-11-18)14-15-23-22(25-19-12-6-5-7-13-19)24-16-21-27-26-17(2)28(21)3/h18-20H,4-16H2,1-3H3,(H2,23,24,25). The third-order valence-electron chi connectivity index (χ3n) is 6.53. The second-order valence-corrected chi connectivity index (χ2v) is 8.62. The lowest BCUT2D eigenvalue weighted by Gasteiger charge is -2.26. The first-order valence-corrected chi connectivity index (χ1v) is 11.7. The van der Waals surface area contributed by atoms with Crippen LogP contribution in [0.1, 0.15) is 82.8 Å². The van der Waals surface area contributed by atoms with Crippen LogP contribution in [0.3, 0.4) is 0 Å². The zero-order chi connectivity index (χ0) is 20.5. The van der Waals surface area contributed by atoms with E-state index < -0.39 is 0 Å². The van der Waals surface area contributed by atoms with Crippen LogP contribution < -0.4 is 10.6 Å². The lowest BCUT2D eigenvalue weighted by Crippen LogP contribution is -2.45. The zero-order valence-corrected chi connectivity index (χ0v) is 18.6. The zero-order valence-electron chi connectivity index (χ0n) is 18.6. The topological polar surface area (TPSA) is 76.4 Å². The van der Waals surface area contributed by atoms with Crippen molar-refractivity contribution in [1.29, 1.82) is 0 Å². The number of aliphatic imine (C=N–C) groups is 1. The summed E-state index contributed by atoms with van der Waals surface area (Å²) in [7, 11) is 2.00. The molecule has 2 aliphatic rings. The Hall–Kier alpha value is -1.63. The molecule has 3 rings (SSSR count). The van der Waals surface area contributed by atoms with Crippen molar-refractivity contribution < 1.29 is 4.74 Å². The number of rotatable bonds is 9. The molecule has 0 aromatic carbocycles. The van der Waals surface area contributed by atoms with Crippen molar-refractivity contribution in [1.82, 2.24) is 25.4 Å². The smallest absolute Gasteiger partial charge is 0.191 e. The fourth-order valence-corrected chi connectivity index (χ4v) is 4.66. The van der Waals surface area contributed by atoms with Gasteiger partial charge in [-0.05, 0) is 51.9 Å². The number of nitrogens with one attached hydrogen (secondary N) is 2. The van der Waals surface area contributed by atoms with Crippen molar-refractivity contribution in [3.05, 3.63) is 11.6 Å². The van der Waals surface area contributed by atoms with E-state index in [-0.39, 0.29) is 0 Å². The third kappa shape index (κ3) is 6.69. The Morgan fingerprint density at radius 2 is 1.86 bits per heavy atom. The van der Waals surface area contributed by atoms with Gasteiger partial charge in [0.1, 0.15) is 12.4 Å². The first-order chi connectivity index (χ1) is 14.2. The molecule has 0 radical (unpaired) electrons. The van der Waals surface area contributed by atoms with Gasteiger partial charge in [-0.2, -0.15) is 0 Å². The normalized spacial score (nSPS) is 20.2. The van der Waals surface area contributed by atoms with Gasteiger partial charge in [0.05, 0.1) is 6.10 Å². The molecule has 1 aromatic rings. The molecule has 7 heteroatoms. The average Bonchev–Trinajstić information content (AvgIpc) is 3.37. The SMILES string of the molecule is CCOC(CCNC(=NCc1nnc(C)n1C)NC1CCCCC1)C1CCCC1. The highest BCUT2D eigenvalue weighted by molar-refractivity contribution is 5.80. The molecule has 164 valence electrons. The van der Waals surface area contributed by atoms with Gasteiger partial charge in [0.25, 0.3) is 0 Å². The summed E-state index contributed by atoms with van der Waals surface area (Å²) in [6.07, 6.45) is 13.2. The molecule has 1 atom stereocenters. The summed E-state index contributed by atoms with van der Waals surface area (Å²) in [6, 6.07) is 0.522. The first kappa shape index (κ1) is 22.1. The van der Waals surface area contributed by atoms with E-state index in [2.05, 4.69) is 27.8 Å². The van der Waals surface area contributed by atoms with Crippen LogP contribution in [-0.2, 0) is 18.3 Å². The van der Waals surface area contributed by atoms with Gasteiger partial charge < -0.3 is 19.9 Å². The lowest BCUT2D eigenvalue weighted by atomic mass is 9.96. The molecule has 2 fully saturated rings. The monoisotopic (exact) mass is 404 g/mol. The average molecular weight is 405 g/mol. The van der Waals surface area contributed by atoms with Gasteiger partial charge >= 0.3 is 0 Å². The number of nitrogens with zero attached hydrogens (tertiary/aromatic N) is 4. The predicted octanol–water partition coefficient (Wildman–Crippen LogP) is 3.48. The molecule has 1 aromatic heterocycles. The molecule has 0 aliphatic heterocycles. The van der Waals surface area contributed by atoms with Gasteiger partial charge in [0.2, 0.25) is 0 Å². The summed E-state index contributed by atoms with van der Waals surface area (Å²) >= 11 is 0. The molecule has 2 N–H and O–H groups in total. The maximum atomic E-state index is 6.08. The van der Waals surface area contributed by atoms with Gasteiger partial charge in [-0.3, -0.25) is 0 Å². The van der Waals surface area contributed by atoms with Crippen molar-refractivity contribution >= 4 is 5.96 Å². The molecule has 0 bridgehead atoms. The van der Waals surface area contributed by atoms with E-state index in [9.17, 15) is 0 Å². The maximum Gasteiger partial charge on any atom is 0.191 e. The summed E-state index contributed by atoms with van der Waals surface area (Å²) in [5, 5.41) is 15.6. The summed E-state index contributed by atoms with van der Waals surface area (Å²) < 4.78 is 8.09. The van der Waals surface area contributed by atoms with Crippen LogP contribution in [0.15, 0.2) is 4.99 Å². The summed E-state index contributed by atoms with van der Waals surface area (Å²) in [5.41, 5.74) is 0. The maximum absolute atomic E-state index is 6.08. The highest BCUT2D eigenvalue weighted by Gasteiger charge is 2.25. The Bertz CT molecular complexity index is 631.